The van der Waals surface area contributed by atoms with Gasteiger partial charge in [-0.1, -0.05) is 13.8 Å². The van der Waals surface area contributed by atoms with Crippen molar-refractivity contribution in [3.63, 3.8) is 0 Å². The Morgan fingerprint density at radius 1 is 1.50 bits per heavy atom. The van der Waals surface area contributed by atoms with Gasteiger partial charge in [-0.25, -0.2) is 4.98 Å². The van der Waals surface area contributed by atoms with Crippen molar-refractivity contribution < 1.29 is 0 Å². The largest absolute Gasteiger partial charge is 0.357 e. The Balaban J connectivity index is 2.47. The molecule has 0 fully saturated rings. The monoisotopic (exact) mass is 240 g/mol. The van der Waals surface area contributed by atoms with Gasteiger partial charge < -0.3 is 10.6 Å². The Bertz CT molecular complexity index is 344. The average molecular weight is 240 g/mol. The van der Waals surface area contributed by atoms with Gasteiger partial charge in [0.05, 0.1) is 12.2 Å². The van der Waals surface area contributed by atoms with E-state index in [-0.39, 0.29) is 0 Å². The lowest BCUT2D eigenvalue weighted by Crippen LogP contribution is -2.36. The number of hydrogen-bond donors (Lipinski definition) is 2. The van der Waals surface area contributed by atoms with Crippen LogP contribution in [-0.4, -0.2) is 24.5 Å². The first kappa shape index (κ1) is 13.0. The number of hydrogen-bond acceptors (Lipinski definition) is 3. The number of nitrogens with zero attached hydrogens (tertiary/aromatic N) is 2. The topological polar surface area (TPSA) is 49.3 Å². The summed E-state index contributed by atoms with van der Waals surface area (Å²) in [6, 6.07) is 0. The summed E-state index contributed by atoms with van der Waals surface area (Å²) in [7, 11) is 1.77. The first-order valence-corrected chi connectivity index (χ1v) is 6.44. The molecule has 0 atom stereocenters. The molecule has 0 aromatic carbocycles. The molecule has 1 heterocycles. The zero-order valence-electron chi connectivity index (χ0n) is 10.4. The Morgan fingerprint density at radius 2 is 2.25 bits per heavy atom. The summed E-state index contributed by atoms with van der Waals surface area (Å²) in [5, 5.41) is 9.60. The smallest absolute Gasteiger partial charge is 0.191 e. The van der Waals surface area contributed by atoms with Gasteiger partial charge in [-0.15, -0.1) is 11.3 Å². The molecule has 0 radical (unpaired) electrons. The lowest BCUT2D eigenvalue weighted by Gasteiger charge is -2.08. The van der Waals surface area contributed by atoms with E-state index in [0.29, 0.717) is 5.92 Å². The second-order valence-corrected chi connectivity index (χ2v) is 4.72. The number of thiazole rings is 1. The molecular weight excluding hydrogens is 220 g/mol. The summed E-state index contributed by atoms with van der Waals surface area (Å²) in [4.78, 5) is 8.66. The summed E-state index contributed by atoms with van der Waals surface area (Å²) < 4.78 is 0. The third-order valence-corrected chi connectivity index (χ3v) is 3.00. The zero-order valence-corrected chi connectivity index (χ0v) is 11.2. The molecule has 0 aliphatic heterocycles. The van der Waals surface area contributed by atoms with Crippen molar-refractivity contribution in [1.82, 2.24) is 15.6 Å². The molecule has 1 rings (SSSR count). The molecule has 0 aliphatic carbocycles. The molecule has 1 aromatic heterocycles. The molecule has 0 saturated carbocycles. The molecule has 5 heteroatoms. The number of nitrogens with one attached hydrogen (secondary N) is 2. The molecular formula is C11H20N4S. The van der Waals surface area contributed by atoms with E-state index in [1.54, 1.807) is 18.4 Å². The van der Waals surface area contributed by atoms with E-state index in [1.807, 2.05) is 6.92 Å². The number of aliphatic imine (C=N–C) groups is 1. The minimum absolute atomic E-state index is 0.498. The third-order valence-electron chi connectivity index (χ3n) is 2.14. The fraction of sp³-hybridized carbons (Fsp3) is 0.636. The Labute approximate surface area is 101 Å². The second-order valence-electron chi connectivity index (χ2n) is 3.78. The van der Waals surface area contributed by atoms with Gasteiger partial charge in [0, 0.05) is 19.0 Å². The normalized spacial score (nSPS) is 11.9. The minimum atomic E-state index is 0.498. The number of aromatic nitrogens is 1. The van der Waals surface area contributed by atoms with E-state index >= 15 is 0 Å². The van der Waals surface area contributed by atoms with Crippen LogP contribution in [0.1, 0.15) is 37.4 Å². The highest BCUT2D eigenvalue weighted by Crippen LogP contribution is 2.17. The van der Waals surface area contributed by atoms with Crippen molar-refractivity contribution in [2.24, 2.45) is 4.99 Å². The van der Waals surface area contributed by atoms with Crippen molar-refractivity contribution in [2.75, 3.05) is 13.6 Å². The first-order valence-electron chi connectivity index (χ1n) is 5.56. The van der Waals surface area contributed by atoms with E-state index in [1.165, 1.54) is 5.69 Å². The summed E-state index contributed by atoms with van der Waals surface area (Å²) in [5.41, 5.74) is 1.17. The van der Waals surface area contributed by atoms with E-state index in [2.05, 4.69) is 39.8 Å². The highest BCUT2D eigenvalue weighted by molar-refractivity contribution is 7.09. The molecule has 0 aliphatic rings. The van der Waals surface area contributed by atoms with E-state index < -0.39 is 0 Å². The molecule has 0 amide bonds. The summed E-state index contributed by atoms with van der Waals surface area (Å²) in [6.07, 6.45) is 0. The molecule has 4 nitrogen and oxygen atoms in total. The number of rotatable bonds is 4. The van der Waals surface area contributed by atoms with Crippen LogP contribution in [0.5, 0.6) is 0 Å². The number of guanidine groups is 1. The molecule has 0 unspecified atom stereocenters. The highest BCUT2D eigenvalue weighted by atomic mass is 32.1. The van der Waals surface area contributed by atoms with Crippen LogP contribution < -0.4 is 10.6 Å². The summed E-state index contributed by atoms with van der Waals surface area (Å²) >= 11 is 1.69. The van der Waals surface area contributed by atoms with Gasteiger partial charge in [0.25, 0.3) is 0 Å². The van der Waals surface area contributed by atoms with E-state index in [0.717, 1.165) is 24.1 Å². The molecule has 1 aromatic rings. The quantitative estimate of drug-likeness (QED) is 0.625. The first-order chi connectivity index (χ1) is 7.67. The van der Waals surface area contributed by atoms with Crippen LogP contribution in [0.25, 0.3) is 0 Å². The van der Waals surface area contributed by atoms with Gasteiger partial charge in [0.1, 0.15) is 5.01 Å². The van der Waals surface area contributed by atoms with Gasteiger partial charge >= 0.3 is 0 Å². The SMILES string of the molecule is CCNC(=NC)NCc1nc(C(C)C)cs1. The molecule has 0 spiro atoms. The summed E-state index contributed by atoms with van der Waals surface area (Å²) in [5.74, 6) is 1.32. The predicted molar refractivity (Wildman–Crippen MR) is 70.1 cm³/mol. The van der Waals surface area contributed by atoms with E-state index in [9.17, 15) is 0 Å². The molecule has 90 valence electrons. The van der Waals surface area contributed by atoms with Crippen LogP contribution in [-0.2, 0) is 6.54 Å². The molecule has 16 heavy (non-hydrogen) atoms. The minimum Gasteiger partial charge on any atom is -0.357 e. The Hall–Kier alpha value is -1.10. The molecule has 0 bridgehead atoms. The van der Waals surface area contributed by atoms with Crippen LogP contribution >= 0.6 is 11.3 Å². The van der Waals surface area contributed by atoms with Gasteiger partial charge in [-0.3, -0.25) is 4.99 Å². The molecule has 0 saturated heterocycles. The Kier molecular flexibility index (Phi) is 5.25. The maximum absolute atomic E-state index is 4.55. The van der Waals surface area contributed by atoms with Gasteiger partial charge in [0.2, 0.25) is 0 Å². The average Bonchev–Trinajstić information content (AvgIpc) is 2.73. The van der Waals surface area contributed by atoms with Crippen molar-refractivity contribution in [3.8, 4) is 0 Å². The van der Waals surface area contributed by atoms with Crippen molar-refractivity contribution in [3.05, 3.63) is 16.1 Å². The maximum atomic E-state index is 4.55. The predicted octanol–water partition coefficient (Wildman–Crippen LogP) is 1.95. The Morgan fingerprint density at radius 3 is 2.75 bits per heavy atom. The summed E-state index contributed by atoms with van der Waals surface area (Å²) in [6.45, 7) is 7.96. The van der Waals surface area contributed by atoms with Gasteiger partial charge in [-0.05, 0) is 12.8 Å². The van der Waals surface area contributed by atoms with E-state index in [4.69, 9.17) is 0 Å². The second kappa shape index (κ2) is 6.48. The molecule has 2 N–H and O–H groups in total. The fourth-order valence-electron chi connectivity index (χ4n) is 1.22. The standard InChI is InChI=1S/C11H20N4S/c1-5-13-11(12-4)14-6-10-15-9(7-16-10)8(2)3/h7-8H,5-6H2,1-4H3,(H2,12,13,14). The van der Waals surface area contributed by atoms with Crippen LogP contribution in [0.15, 0.2) is 10.4 Å². The fourth-order valence-corrected chi connectivity index (χ4v) is 2.11. The van der Waals surface area contributed by atoms with Crippen molar-refractivity contribution in [1.29, 1.82) is 0 Å². The van der Waals surface area contributed by atoms with Crippen molar-refractivity contribution in [2.45, 2.75) is 33.2 Å². The lowest BCUT2D eigenvalue weighted by atomic mass is 10.2. The lowest BCUT2D eigenvalue weighted by molar-refractivity contribution is 0.793. The van der Waals surface area contributed by atoms with Gasteiger partial charge in [-0.2, -0.15) is 0 Å². The van der Waals surface area contributed by atoms with Crippen LogP contribution in [0, 0.1) is 0 Å². The van der Waals surface area contributed by atoms with Gasteiger partial charge in [0.15, 0.2) is 5.96 Å². The maximum Gasteiger partial charge on any atom is 0.191 e. The highest BCUT2D eigenvalue weighted by Gasteiger charge is 2.05. The van der Waals surface area contributed by atoms with Crippen LogP contribution in [0.3, 0.4) is 0 Å². The van der Waals surface area contributed by atoms with Crippen LogP contribution in [0.2, 0.25) is 0 Å². The van der Waals surface area contributed by atoms with Crippen LogP contribution in [0.4, 0.5) is 0 Å². The van der Waals surface area contributed by atoms with Crippen molar-refractivity contribution >= 4 is 17.3 Å². The zero-order chi connectivity index (χ0) is 12.0. The third kappa shape index (κ3) is 3.81.